The van der Waals surface area contributed by atoms with Crippen molar-refractivity contribution >= 4 is 38.0 Å². The van der Waals surface area contributed by atoms with Gasteiger partial charge in [-0.05, 0) is 43.3 Å². The number of rotatable bonds is 3. The second-order valence-corrected chi connectivity index (χ2v) is 8.31. The van der Waals surface area contributed by atoms with Crippen LogP contribution in [0, 0.1) is 6.92 Å². The monoisotopic (exact) mass is 488 g/mol. The van der Waals surface area contributed by atoms with Gasteiger partial charge in [-0.2, -0.15) is 4.98 Å². The Balaban J connectivity index is 1.93. The third kappa shape index (κ3) is 3.31. The van der Waals surface area contributed by atoms with Crippen LogP contribution >= 0.6 is 15.9 Å². The minimum atomic E-state index is -0.483. The van der Waals surface area contributed by atoms with Gasteiger partial charge in [-0.3, -0.25) is 14.2 Å². The van der Waals surface area contributed by atoms with Crippen molar-refractivity contribution in [1.82, 2.24) is 9.55 Å². The van der Waals surface area contributed by atoms with E-state index < -0.39 is 11.0 Å². The molecule has 0 bridgehead atoms. The Morgan fingerprint density at radius 3 is 2.38 bits per heavy atom. The summed E-state index contributed by atoms with van der Waals surface area (Å²) in [5.74, 6) is 0.922. The van der Waals surface area contributed by atoms with Gasteiger partial charge in [0.05, 0.1) is 18.2 Å². The average Bonchev–Trinajstić information content (AvgIpc) is 2.80. The first kappa shape index (κ1) is 20.2. The summed E-state index contributed by atoms with van der Waals surface area (Å²) in [4.78, 5) is 31.6. The lowest BCUT2D eigenvalue weighted by molar-refractivity contribution is 0.414. The summed E-state index contributed by atoms with van der Waals surface area (Å²) in [5, 5.41) is 0.202. The van der Waals surface area contributed by atoms with E-state index in [1.165, 1.54) is 11.7 Å². The van der Waals surface area contributed by atoms with Crippen LogP contribution in [-0.4, -0.2) is 16.7 Å². The molecular formula is C25H17BrN2O4. The summed E-state index contributed by atoms with van der Waals surface area (Å²) >= 11 is 3.43. The van der Waals surface area contributed by atoms with E-state index in [0.29, 0.717) is 33.8 Å². The number of ether oxygens (including phenoxy) is 1. The van der Waals surface area contributed by atoms with Gasteiger partial charge in [-0.25, -0.2) is 0 Å². The minimum absolute atomic E-state index is 0.0120. The number of aromatic nitrogens is 2. The Kier molecular flexibility index (Phi) is 4.90. The Morgan fingerprint density at radius 1 is 0.969 bits per heavy atom. The van der Waals surface area contributed by atoms with Gasteiger partial charge in [0.1, 0.15) is 11.3 Å². The van der Waals surface area contributed by atoms with E-state index >= 15 is 0 Å². The third-order valence-corrected chi connectivity index (χ3v) is 5.84. The van der Waals surface area contributed by atoms with Gasteiger partial charge >= 0.3 is 0 Å². The highest BCUT2D eigenvalue weighted by Gasteiger charge is 2.20. The van der Waals surface area contributed by atoms with Gasteiger partial charge in [-0.1, -0.05) is 45.8 Å². The number of hydrogen-bond acceptors (Lipinski definition) is 5. The molecular weight excluding hydrogens is 472 g/mol. The van der Waals surface area contributed by atoms with Crippen LogP contribution in [0.15, 0.2) is 85.2 Å². The lowest BCUT2D eigenvalue weighted by Gasteiger charge is -2.14. The summed E-state index contributed by atoms with van der Waals surface area (Å²) < 4.78 is 13.5. The topological polar surface area (TPSA) is 74.3 Å². The third-order valence-electron chi connectivity index (χ3n) is 5.31. The molecule has 0 aliphatic carbocycles. The highest BCUT2D eigenvalue weighted by atomic mass is 79.9. The Morgan fingerprint density at radius 2 is 1.69 bits per heavy atom. The Bertz CT molecular complexity index is 1600. The zero-order chi connectivity index (χ0) is 22.4. The molecule has 6 nitrogen and oxygen atoms in total. The number of benzene rings is 3. The largest absolute Gasteiger partial charge is 0.497 e. The smallest absolute Gasteiger partial charge is 0.273 e. The quantitative estimate of drug-likeness (QED) is 0.324. The first-order valence-electron chi connectivity index (χ1n) is 9.87. The first-order valence-corrected chi connectivity index (χ1v) is 10.7. The molecule has 5 aromatic rings. The second-order valence-electron chi connectivity index (χ2n) is 7.39. The van der Waals surface area contributed by atoms with Crippen LogP contribution in [0.5, 0.6) is 5.75 Å². The molecule has 0 radical (unpaired) electrons. The lowest BCUT2D eigenvalue weighted by atomic mass is 10.1. The van der Waals surface area contributed by atoms with E-state index in [4.69, 9.17) is 9.15 Å². The molecule has 0 unspecified atom stereocenters. The fourth-order valence-corrected chi connectivity index (χ4v) is 3.90. The highest BCUT2D eigenvalue weighted by molar-refractivity contribution is 9.10. The van der Waals surface area contributed by atoms with Gasteiger partial charge in [0.2, 0.25) is 11.1 Å². The van der Waals surface area contributed by atoms with Gasteiger partial charge in [0, 0.05) is 16.1 Å². The van der Waals surface area contributed by atoms with Crippen molar-refractivity contribution in [2.75, 3.05) is 7.11 Å². The predicted octanol–water partition coefficient (Wildman–Crippen LogP) is 5.24. The number of aryl methyl sites for hydroxylation is 1. The van der Waals surface area contributed by atoms with Gasteiger partial charge in [0.15, 0.2) is 11.2 Å². The summed E-state index contributed by atoms with van der Waals surface area (Å²) in [6.07, 6.45) is 0. The molecule has 158 valence electrons. The molecule has 32 heavy (non-hydrogen) atoms. The summed E-state index contributed by atoms with van der Waals surface area (Å²) in [7, 11) is 1.53. The molecule has 7 heteroatoms. The van der Waals surface area contributed by atoms with Crippen molar-refractivity contribution in [2.24, 2.45) is 0 Å². The maximum Gasteiger partial charge on any atom is 0.273 e. The van der Waals surface area contributed by atoms with E-state index in [0.717, 1.165) is 10.0 Å². The molecule has 0 aliphatic heterocycles. The fourth-order valence-electron chi connectivity index (χ4n) is 3.64. The van der Waals surface area contributed by atoms with Crippen LogP contribution < -0.4 is 15.7 Å². The molecule has 0 N–H and O–H groups in total. The number of methoxy groups -OCH3 is 1. The van der Waals surface area contributed by atoms with Crippen LogP contribution in [0.25, 0.3) is 39.1 Å². The van der Waals surface area contributed by atoms with E-state index in [1.807, 2.05) is 55.5 Å². The number of nitrogens with zero attached hydrogens (tertiary/aromatic N) is 2. The van der Waals surface area contributed by atoms with Crippen LogP contribution in [0.1, 0.15) is 5.56 Å². The summed E-state index contributed by atoms with van der Waals surface area (Å²) in [6.45, 7) is 1.97. The molecule has 0 spiro atoms. The SMILES string of the molecule is COc1ccc2c(=O)c3c(=O)n(-c4ccc(C)cc4)c(-c4ccc(Br)cc4)nc3oc2c1. The molecule has 5 rings (SSSR count). The van der Waals surface area contributed by atoms with E-state index in [-0.39, 0.29) is 11.1 Å². The van der Waals surface area contributed by atoms with E-state index in [2.05, 4.69) is 20.9 Å². The number of hydrogen-bond donors (Lipinski definition) is 0. The molecule has 0 saturated carbocycles. The van der Waals surface area contributed by atoms with Crippen molar-refractivity contribution in [1.29, 1.82) is 0 Å². The molecule has 0 atom stereocenters. The predicted molar refractivity (Wildman–Crippen MR) is 128 cm³/mol. The molecule has 0 aliphatic rings. The maximum absolute atomic E-state index is 13.7. The van der Waals surface area contributed by atoms with Crippen LogP contribution in [-0.2, 0) is 0 Å². The zero-order valence-corrected chi connectivity index (χ0v) is 18.8. The Hall–Kier alpha value is -3.71. The van der Waals surface area contributed by atoms with Crippen LogP contribution in [0.2, 0.25) is 0 Å². The number of fused-ring (bicyclic) bond motifs is 2. The maximum atomic E-state index is 13.7. The van der Waals surface area contributed by atoms with Gasteiger partial charge in [0.25, 0.3) is 5.56 Å². The van der Waals surface area contributed by atoms with E-state index in [1.54, 1.807) is 18.2 Å². The standard InChI is InChI=1S/C25H17BrN2O4/c1-14-3-9-17(10-4-14)28-23(15-5-7-16(26)8-6-15)27-24-21(25(28)30)22(29)19-12-11-18(31-2)13-20(19)32-24/h3-13H,1-2H3. The molecule has 0 saturated heterocycles. The highest BCUT2D eigenvalue weighted by Crippen LogP contribution is 2.26. The number of halogens is 1. The molecule has 2 heterocycles. The lowest BCUT2D eigenvalue weighted by Crippen LogP contribution is -2.26. The van der Waals surface area contributed by atoms with Crippen LogP contribution in [0.4, 0.5) is 0 Å². The van der Waals surface area contributed by atoms with Gasteiger partial charge < -0.3 is 9.15 Å². The average molecular weight is 489 g/mol. The molecule has 3 aromatic carbocycles. The second kappa shape index (κ2) is 7.76. The zero-order valence-electron chi connectivity index (χ0n) is 17.3. The summed E-state index contributed by atoms with van der Waals surface area (Å²) in [6, 6.07) is 19.8. The Labute approximate surface area is 190 Å². The fraction of sp³-hybridized carbons (Fsp3) is 0.0800. The van der Waals surface area contributed by atoms with Crippen molar-refractivity contribution < 1.29 is 9.15 Å². The van der Waals surface area contributed by atoms with Crippen molar-refractivity contribution in [2.45, 2.75) is 6.92 Å². The van der Waals surface area contributed by atoms with E-state index in [9.17, 15) is 9.59 Å². The van der Waals surface area contributed by atoms with Crippen LogP contribution in [0.3, 0.4) is 0 Å². The van der Waals surface area contributed by atoms with Gasteiger partial charge in [-0.15, -0.1) is 0 Å². The van der Waals surface area contributed by atoms with Crippen molar-refractivity contribution in [3.05, 3.63) is 97.3 Å². The van der Waals surface area contributed by atoms with Crippen molar-refractivity contribution in [3.63, 3.8) is 0 Å². The normalized spacial score (nSPS) is 11.2. The van der Waals surface area contributed by atoms with Crippen molar-refractivity contribution in [3.8, 4) is 22.8 Å². The molecule has 2 aromatic heterocycles. The minimum Gasteiger partial charge on any atom is -0.497 e. The first-order chi connectivity index (χ1) is 15.5. The molecule has 0 fully saturated rings. The molecule has 0 amide bonds. The summed E-state index contributed by atoms with van der Waals surface area (Å²) in [5.41, 5.74) is 1.77.